The summed E-state index contributed by atoms with van der Waals surface area (Å²) in [6, 6.07) is 6.94. The van der Waals surface area contributed by atoms with Crippen molar-refractivity contribution in [2.24, 2.45) is 5.92 Å². The van der Waals surface area contributed by atoms with Gasteiger partial charge in [0, 0.05) is 11.1 Å². The van der Waals surface area contributed by atoms with Crippen LogP contribution in [-0.4, -0.2) is 22.7 Å². The molecular weight excluding hydrogens is 242 g/mol. The summed E-state index contributed by atoms with van der Waals surface area (Å²) in [4.78, 5) is 15.6. The van der Waals surface area contributed by atoms with E-state index < -0.39 is 5.97 Å². The van der Waals surface area contributed by atoms with Gasteiger partial charge in [-0.1, -0.05) is 13.8 Å². The van der Waals surface area contributed by atoms with E-state index in [1.54, 1.807) is 25.1 Å². The van der Waals surface area contributed by atoms with E-state index in [-0.39, 0.29) is 5.56 Å². The van der Waals surface area contributed by atoms with E-state index in [1.165, 1.54) is 0 Å². The Bertz CT molecular complexity index is 620. The van der Waals surface area contributed by atoms with Gasteiger partial charge in [-0.15, -0.1) is 0 Å². The fourth-order valence-corrected chi connectivity index (χ4v) is 1.87. The van der Waals surface area contributed by atoms with Crippen LogP contribution in [0, 0.1) is 12.8 Å². The van der Waals surface area contributed by atoms with Crippen LogP contribution in [0.4, 0.5) is 0 Å². The van der Waals surface area contributed by atoms with Gasteiger partial charge in [0.2, 0.25) is 0 Å². The minimum absolute atomic E-state index is 0.262. The van der Waals surface area contributed by atoms with Gasteiger partial charge in [0.1, 0.15) is 5.75 Å². The van der Waals surface area contributed by atoms with Gasteiger partial charge in [-0.05, 0) is 37.1 Å². The number of aromatic nitrogens is 1. The SMILES string of the molecule is Cc1cc(C(=O)O)c2cc(OCC(C)C)ccc2n1. The van der Waals surface area contributed by atoms with E-state index >= 15 is 0 Å². The monoisotopic (exact) mass is 259 g/mol. The lowest BCUT2D eigenvalue weighted by Crippen LogP contribution is -2.05. The number of nitrogens with zero attached hydrogens (tertiary/aromatic N) is 1. The molecule has 0 saturated heterocycles. The Kier molecular flexibility index (Phi) is 3.69. The molecule has 0 fully saturated rings. The third-order valence-corrected chi connectivity index (χ3v) is 2.72. The lowest BCUT2D eigenvalue weighted by atomic mass is 10.1. The van der Waals surface area contributed by atoms with E-state index in [0.29, 0.717) is 34.9 Å². The first-order chi connectivity index (χ1) is 8.97. The topological polar surface area (TPSA) is 59.4 Å². The van der Waals surface area contributed by atoms with E-state index in [1.807, 2.05) is 6.07 Å². The number of carbonyl (C=O) groups is 1. The highest BCUT2D eigenvalue weighted by Crippen LogP contribution is 2.24. The van der Waals surface area contributed by atoms with Crippen molar-refractivity contribution in [3.05, 3.63) is 35.5 Å². The quantitative estimate of drug-likeness (QED) is 0.915. The Morgan fingerprint density at radius 3 is 2.74 bits per heavy atom. The van der Waals surface area contributed by atoms with E-state index in [4.69, 9.17) is 4.74 Å². The summed E-state index contributed by atoms with van der Waals surface area (Å²) < 4.78 is 5.62. The summed E-state index contributed by atoms with van der Waals surface area (Å²) in [6.45, 7) is 6.52. The second-order valence-corrected chi connectivity index (χ2v) is 5.00. The molecule has 1 aromatic heterocycles. The molecule has 0 amide bonds. The standard InChI is InChI=1S/C15H17NO3/c1-9(2)8-19-11-4-5-14-12(7-11)13(15(17)18)6-10(3)16-14/h4-7,9H,8H2,1-3H3,(H,17,18). The molecule has 0 saturated carbocycles. The number of aromatic carboxylic acids is 1. The third kappa shape index (κ3) is 3.02. The molecule has 4 heteroatoms. The van der Waals surface area contributed by atoms with Crippen LogP contribution in [0.3, 0.4) is 0 Å². The van der Waals surface area contributed by atoms with Crippen LogP contribution < -0.4 is 4.74 Å². The van der Waals surface area contributed by atoms with Gasteiger partial charge in [-0.2, -0.15) is 0 Å². The highest BCUT2D eigenvalue weighted by molar-refractivity contribution is 6.02. The molecule has 2 rings (SSSR count). The van der Waals surface area contributed by atoms with E-state index in [2.05, 4.69) is 18.8 Å². The highest BCUT2D eigenvalue weighted by atomic mass is 16.5. The second-order valence-electron chi connectivity index (χ2n) is 5.00. The summed E-state index contributed by atoms with van der Waals surface area (Å²) in [7, 11) is 0. The highest BCUT2D eigenvalue weighted by Gasteiger charge is 2.11. The Labute approximate surface area is 112 Å². The number of carboxylic acid groups (broad SMARTS) is 1. The summed E-state index contributed by atoms with van der Waals surface area (Å²) in [5, 5.41) is 9.86. The molecule has 0 aliphatic heterocycles. The lowest BCUT2D eigenvalue weighted by Gasteiger charge is -2.10. The molecule has 1 heterocycles. The average Bonchev–Trinajstić information content (AvgIpc) is 2.35. The number of aryl methyl sites for hydroxylation is 1. The molecule has 0 radical (unpaired) electrons. The van der Waals surface area contributed by atoms with E-state index in [0.717, 1.165) is 0 Å². The molecule has 1 aromatic carbocycles. The van der Waals surface area contributed by atoms with E-state index in [9.17, 15) is 9.90 Å². The maximum absolute atomic E-state index is 11.3. The van der Waals surface area contributed by atoms with Crippen molar-refractivity contribution in [2.45, 2.75) is 20.8 Å². The van der Waals surface area contributed by atoms with Crippen LogP contribution in [0.5, 0.6) is 5.75 Å². The summed E-state index contributed by atoms with van der Waals surface area (Å²) in [5.41, 5.74) is 1.63. The van der Waals surface area contributed by atoms with Crippen molar-refractivity contribution < 1.29 is 14.6 Å². The molecule has 0 bridgehead atoms. The Hall–Kier alpha value is -2.10. The number of fused-ring (bicyclic) bond motifs is 1. The first-order valence-electron chi connectivity index (χ1n) is 6.25. The van der Waals surface area contributed by atoms with Crippen LogP contribution in [-0.2, 0) is 0 Å². The number of pyridine rings is 1. The first kappa shape index (κ1) is 13.3. The molecule has 4 nitrogen and oxygen atoms in total. The molecule has 0 atom stereocenters. The summed E-state index contributed by atoms with van der Waals surface area (Å²) in [5.74, 6) is 0.150. The predicted octanol–water partition coefficient (Wildman–Crippen LogP) is 3.28. The van der Waals surface area contributed by atoms with Crippen molar-refractivity contribution >= 4 is 16.9 Å². The molecule has 0 unspecified atom stereocenters. The number of hydrogen-bond donors (Lipinski definition) is 1. The molecule has 2 aromatic rings. The Balaban J connectivity index is 2.48. The Morgan fingerprint density at radius 2 is 2.11 bits per heavy atom. The minimum atomic E-state index is -0.948. The molecular formula is C15H17NO3. The van der Waals surface area contributed by atoms with Gasteiger partial charge in [0.05, 0.1) is 17.7 Å². The molecule has 0 spiro atoms. The molecule has 0 aliphatic rings. The maximum Gasteiger partial charge on any atom is 0.336 e. The van der Waals surface area contributed by atoms with Crippen molar-refractivity contribution in [3.63, 3.8) is 0 Å². The van der Waals surface area contributed by atoms with Gasteiger partial charge in [-0.25, -0.2) is 4.79 Å². The van der Waals surface area contributed by atoms with Crippen molar-refractivity contribution in [2.75, 3.05) is 6.61 Å². The number of hydrogen-bond acceptors (Lipinski definition) is 3. The van der Waals surface area contributed by atoms with Crippen molar-refractivity contribution in [1.82, 2.24) is 4.98 Å². The first-order valence-corrected chi connectivity index (χ1v) is 6.25. The van der Waals surface area contributed by atoms with Gasteiger partial charge in [-0.3, -0.25) is 4.98 Å². The number of benzene rings is 1. The molecule has 1 N–H and O–H groups in total. The molecule has 0 aliphatic carbocycles. The van der Waals surface area contributed by atoms with Gasteiger partial charge in [0.25, 0.3) is 0 Å². The van der Waals surface area contributed by atoms with Gasteiger partial charge < -0.3 is 9.84 Å². The van der Waals surface area contributed by atoms with Crippen LogP contribution >= 0.6 is 0 Å². The predicted molar refractivity (Wildman–Crippen MR) is 73.8 cm³/mol. The molecule has 100 valence electrons. The zero-order chi connectivity index (χ0) is 14.0. The van der Waals surface area contributed by atoms with Crippen LogP contribution in [0.2, 0.25) is 0 Å². The largest absolute Gasteiger partial charge is 0.493 e. The van der Waals surface area contributed by atoms with Gasteiger partial charge >= 0.3 is 5.97 Å². The summed E-state index contributed by atoms with van der Waals surface area (Å²) >= 11 is 0. The average molecular weight is 259 g/mol. The van der Waals surface area contributed by atoms with Gasteiger partial charge in [0.15, 0.2) is 0 Å². The molecule has 19 heavy (non-hydrogen) atoms. The number of carboxylic acids is 1. The number of rotatable bonds is 4. The zero-order valence-electron chi connectivity index (χ0n) is 11.3. The number of ether oxygens (including phenoxy) is 1. The maximum atomic E-state index is 11.3. The van der Waals surface area contributed by atoms with Crippen molar-refractivity contribution in [1.29, 1.82) is 0 Å². The second kappa shape index (κ2) is 5.26. The summed E-state index contributed by atoms with van der Waals surface area (Å²) in [6.07, 6.45) is 0. The van der Waals surface area contributed by atoms with Crippen LogP contribution in [0.1, 0.15) is 29.9 Å². The van der Waals surface area contributed by atoms with Crippen LogP contribution in [0.25, 0.3) is 10.9 Å². The smallest absolute Gasteiger partial charge is 0.336 e. The fraction of sp³-hybridized carbons (Fsp3) is 0.333. The lowest BCUT2D eigenvalue weighted by molar-refractivity contribution is 0.0699. The normalized spacial score (nSPS) is 10.9. The van der Waals surface area contributed by atoms with Crippen molar-refractivity contribution in [3.8, 4) is 5.75 Å². The Morgan fingerprint density at radius 1 is 1.37 bits per heavy atom. The third-order valence-electron chi connectivity index (χ3n) is 2.72. The minimum Gasteiger partial charge on any atom is -0.493 e. The van der Waals surface area contributed by atoms with Crippen LogP contribution in [0.15, 0.2) is 24.3 Å². The zero-order valence-corrected chi connectivity index (χ0v) is 11.3. The fourth-order valence-electron chi connectivity index (χ4n) is 1.87.